The van der Waals surface area contributed by atoms with Crippen LogP contribution >= 0.6 is 34.2 Å². The Kier molecular flexibility index (Phi) is 5.19. The Labute approximate surface area is 131 Å². The lowest BCUT2D eigenvalue weighted by Crippen LogP contribution is -2.19. The molecule has 0 saturated carbocycles. The van der Waals surface area contributed by atoms with E-state index in [4.69, 9.17) is 11.6 Å². The second kappa shape index (κ2) is 6.68. The lowest BCUT2D eigenvalue weighted by molar-refractivity contribution is 0.578. The van der Waals surface area contributed by atoms with Crippen LogP contribution in [0.2, 0.25) is 5.02 Å². The van der Waals surface area contributed by atoms with Gasteiger partial charge in [0.25, 0.3) is 0 Å². The normalized spacial score (nSPS) is 12.4. The average molecular weight is 390 g/mol. The van der Waals surface area contributed by atoms with Gasteiger partial charge in [0, 0.05) is 9.61 Å². The Morgan fingerprint density at radius 3 is 2.53 bits per heavy atom. The molecule has 0 bridgehead atoms. The van der Waals surface area contributed by atoms with Crippen molar-refractivity contribution in [1.82, 2.24) is 5.32 Å². The van der Waals surface area contributed by atoms with Crippen LogP contribution in [0.25, 0.3) is 0 Å². The van der Waals surface area contributed by atoms with Gasteiger partial charge in [-0.15, -0.1) is 0 Å². The summed E-state index contributed by atoms with van der Waals surface area (Å²) in [5.74, 6) is -0.373. The van der Waals surface area contributed by atoms with Gasteiger partial charge in [0.15, 0.2) is 0 Å². The summed E-state index contributed by atoms with van der Waals surface area (Å²) in [6, 6.07) is 13.2. The van der Waals surface area contributed by atoms with E-state index in [0.29, 0.717) is 0 Å². The molecule has 1 N–H and O–H groups in total. The second-order valence-corrected chi connectivity index (χ2v) is 5.94. The number of halogens is 3. The highest BCUT2D eigenvalue weighted by Crippen LogP contribution is 2.27. The molecule has 1 atom stereocenters. The van der Waals surface area contributed by atoms with Crippen LogP contribution in [-0.2, 0) is 6.42 Å². The van der Waals surface area contributed by atoms with E-state index >= 15 is 0 Å². The minimum absolute atomic E-state index is 0.00302. The predicted octanol–water partition coefficient (Wildman–Crippen LogP) is 4.59. The van der Waals surface area contributed by atoms with Gasteiger partial charge in [0.05, 0.1) is 5.02 Å². The van der Waals surface area contributed by atoms with Gasteiger partial charge in [-0.1, -0.05) is 35.9 Å². The van der Waals surface area contributed by atoms with Crippen LogP contribution in [0.4, 0.5) is 4.39 Å². The van der Waals surface area contributed by atoms with Crippen molar-refractivity contribution in [2.24, 2.45) is 0 Å². The summed E-state index contributed by atoms with van der Waals surface area (Å²) < 4.78 is 14.7. The van der Waals surface area contributed by atoms with Crippen LogP contribution in [-0.4, -0.2) is 7.05 Å². The Morgan fingerprint density at radius 2 is 1.89 bits per heavy atom. The predicted molar refractivity (Wildman–Crippen MR) is 86.1 cm³/mol. The Hall–Kier alpha value is -0.650. The zero-order chi connectivity index (χ0) is 13.8. The summed E-state index contributed by atoms with van der Waals surface area (Å²) >= 11 is 8.32. The maximum atomic E-state index is 13.5. The van der Waals surface area contributed by atoms with Crippen molar-refractivity contribution in [3.05, 3.63) is 68.0 Å². The van der Waals surface area contributed by atoms with Crippen LogP contribution in [0.5, 0.6) is 0 Å². The molecule has 19 heavy (non-hydrogen) atoms. The summed E-state index contributed by atoms with van der Waals surface area (Å²) in [5.41, 5.74) is 1.99. The molecule has 0 amide bonds. The molecule has 4 heteroatoms. The van der Waals surface area contributed by atoms with Gasteiger partial charge in [0.2, 0.25) is 0 Å². The molecule has 0 aliphatic rings. The van der Waals surface area contributed by atoms with Crippen molar-refractivity contribution in [1.29, 1.82) is 0 Å². The van der Waals surface area contributed by atoms with Gasteiger partial charge in [-0.25, -0.2) is 4.39 Å². The molecule has 2 rings (SSSR count). The molecule has 2 aromatic carbocycles. The topological polar surface area (TPSA) is 12.0 Å². The van der Waals surface area contributed by atoms with Crippen LogP contribution < -0.4 is 5.32 Å². The second-order valence-electron chi connectivity index (χ2n) is 4.31. The Morgan fingerprint density at radius 1 is 1.21 bits per heavy atom. The van der Waals surface area contributed by atoms with Crippen LogP contribution in [0.15, 0.2) is 42.5 Å². The summed E-state index contributed by atoms with van der Waals surface area (Å²) in [7, 11) is 1.86. The molecule has 0 radical (unpaired) electrons. The summed E-state index contributed by atoms with van der Waals surface area (Å²) in [6.45, 7) is 0. The van der Waals surface area contributed by atoms with Crippen LogP contribution in [0.1, 0.15) is 17.2 Å². The van der Waals surface area contributed by atoms with Crippen molar-refractivity contribution in [3.8, 4) is 0 Å². The van der Waals surface area contributed by atoms with Crippen molar-refractivity contribution in [2.75, 3.05) is 7.05 Å². The highest BCUT2D eigenvalue weighted by Gasteiger charge is 2.15. The quantitative estimate of drug-likeness (QED) is 0.754. The van der Waals surface area contributed by atoms with Crippen molar-refractivity contribution in [3.63, 3.8) is 0 Å². The number of nitrogens with one attached hydrogen (secondary N) is 1. The van der Waals surface area contributed by atoms with Gasteiger partial charge in [0.1, 0.15) is 5.82 Å². The highest BCUT2D eigenvalue weighted by molar-refractivity contribution is 14.1. The van der Waals surface area contributed by atoms with E-state index in [2.05, 4.69) is 52.2 Å². The molecule has 0 heterocycles. The molecular weight excluding hydrogens is 376 g/mol. The minimum atomic E-state index is -0.373. The molecule has 0 fully saturated rings. The Balaban J connectivity index is 2.25. The van der Waals surface area contributed by atoms with E-state index in [1.807, 2.05) is 13.1 Å². The van der Waals surface area contributed by atoms with Crippen LogP contribution in [0.3, 0.4) is 0 Å². The van der Waals surface area contributed by atoms with E-state index in [1.54, 1.807) is 6.07 Å². The summed E-state index contributed by atoms with van der Waals surface area (Å²) in [6.07, 6.45) is 0.774. The maximum absolute atomic E-state index is 13.5. The lowest BCUT2D eigenvalue weighted by atomic mass is 9.99. The fraction of sp³-hybridized carbons (Fsp3) is 0.200. The number of benzene rings is 2. The van der Waals surface area contributed by atoms with Gasteiger partial charge in [-0.3, -0.25) is 0 Å². The first kappa shape index (κ1) is 14.8. The summed E-state index contributed by atoms with van der Waals surface area (Å²) in [5, 5.41) is 3.40. The molecular formula is C15H14ClFIN. The van der Waals surface area contributed by atoms with E-state index in [-0.39, 0.29) is 16.9 Å². The van der Waals surface area contributed by atoms with E-state index in [1.165, 1.54) is 15.2 Å². The van der Waals surface area contributed by atoms with Gasteiger partial charge < -0.3 is 5.32 Å². The summed E-state index contributed by atoms with van der Waals surface area (Å²) in [4.78, 5) is 0. The molecule has 0 saturated heterocycles. The minimum Gasteiger partial charge on any atom is -0.313 e. The first-order valence-electron chi connectivity index (χ1n) is 5.97. The molecule has 2 aromatic rings. The third kappa shape index (κ3) is 3.68. The maximum Gasteiger partial charge on any atom is 0.142 e. The number of hydrogen-bond donors (Lipinski definition) is 1. The van der Waals surface area contributed by atoms with E-state index < -0.39 is 0 Å². The third-order valence-corrected chi connectivity index (χ3v) is 4.18. The largest absolute Gasteiger partial charge is 0.313 e. The molecule has 100 valence electrons. The molecule has 0 aliphatic carbocycles. The first-order valence-corrected chi connectivity index (χ1v) is 7.43. The van der Waals surface area contributed by atoms with Gasteiger partial charge in [-0.2, -0.15) is 0 Å². The van der Waals surface area contributed by atoms with Crippen molar-refractivity contribution < 1.29 is 4.39 Å². The first-order chi connectivity index (χ1) is 9.11. The molecule has 0 aliphatic heterocycles. The average Bonchev–Trinajstić information content (AvgIpc) is 2.42. The fourth-order valence-corrected chi connectivity index (χ4v) is 2.63. The van der Waals surface area contributed by atoms with E-state index in [9.17, 15) is 4.39 Å². The fourth-order valence-electron chi connectivity index (χ4n) is 2.01. The van der Waals surface area contributed by atoms with E-state index in [0.717, 1.165) is 12.0 Å². The lowest BCUT2D eigenvalue weighted by Gasteiger charge is -2.18. The van der Waals surface area contributed by atoms with Crippen molar-refractivity contribution in [2.45, 2.75) is 12.5 Å². The number of likely N-dealkylation sites (N-methyl/N-ethyl adjacent to an activating group) is 1. The third-order valence-electron chi connectivity index (χ3n) is 3.06. The molecule has 1 unspecified atom stereocenters. The van der Waals surface area contributed by atoms with Gasteiger partial charge in [-0.05, 0) is 65.4 Å². The standard InChI is InChI=1S/C15H14ClFIN/c1-19-14(9-10-5-7-11(18)8-6-10)12-3-2-4-13(17)15(12)16/h2-8,14,19H,9H2,1H3. The zero-order valence-corrected chi connectivity index (χ0v) is 13.4. The SMILES string of the molecule is CNC(Cc1ccc(I)cc1)c1cccc(F)c1Cl. The number of hydrogen-bond acceptors (Lipinski definition) is 1. The number of rotatable bonds is 4. The van der Waals surface area contributed by atoms with Crippen LogP contribution in [0, 0.1) is 9.39 Å². The molecule has 0 aromatic heterocycles. The molecule has 1 nitrogen and oxygen atoms in total. The van der Waals surface area contributed by atoms with Crippen molar-refractivity contribution >= 4 is 34.2 Å². The smallest absolute Gasteiger partial charge is 0.142 e. The zero-order valence-electron chi connectivity index (χ0n) is 10.5. The van der Waals surface area contributed by atoms with Gasteiger partial charge >= 0.3 is 0 Å². The monoisotopic (exact) mass is 389 g/mol. The molecule has 0 spiro atoms. The Bertz CT molecular complexity index is 557. The highest BCUT2D eigenvalue weighted by atomic mass is 127.